The number of esters is 1. The highest BCUT2D eigenvalue weighted by molar-refractivity contribution is 5.95. The van der Waals surface area contributed by atoms with E-state index in [1.807, 2.05) is 59.5 Å². The summed E-state index contributed by atoms with van der Waals surface area (Å²) in [5.74, 6) is -0.141. The van der Waals surface area contributed by atoms with Crippen molar-refractivity contribution in [2.75, 3.05) is 24.6 Å². The number of hydrogen-bond acceptors (Lipinski definition) is 4. The molecule has 0 bridgehead atoms. The molecular formula is C29H36N2O4. The molecule has 2 fully saturated rings. The van der Waals surface area contributed by atoms with E-state index in [1.165, 1.54) is 0 Å². The van der Waals surface area contributed by atoms with Gasteiger partial charge >= 0.3 is 5.97 Å². The number of likely N-dealkylation sites (tertiary alicyclic amines) is 1. The van der Waals surface area contributed by atoms with E-state index in [9.17, 15) is 14.4 Å². The molecule has 2 amide bonds. The van der Waals surface area contributed by atoms with Gasteiger partial charge in [0, 0.05) is 24.7 Å². The van der Waals surface area contributed by atoms with Gasteiger partial charge in [0.1, 0.15) is 0 Å². The molecule has 1 heterocycles. The number of benzene rings is 2. The van der Waals surface area contributed by atoms with Crippen molar-refractivity contribution >= 4 is 23.5 Å². The predicted octanol–water partition coefficient (Wildman–Crippen LogP) is 4.75. The molecule has 2 aromatic rings. The van der Waals surface area contributed by atoms with E-state index in [0.717, 1.165) is 55.3 Å². The zero-order valence-electron chi connectivity index (χ0n) is 20.7. The lowest BCUT2D eigenvalue weighted by molar-refractivity contribution is -0.151. The Bertz CT molecular complexity index is 999. The average Bonchev–Trinajstić information content (AvgIpc) is 3.43. The standard InChI is InChI=1S/C29H36N2O4/c1-2-35-29(34)25-13-8-18-30(21-25)27(32)19-22-14-16-26(17-15-22)31(20-23-9-4-3-5-10-23)28(33)24-11-6-7-12-24/h3-5,9-10,14-17,24-25H,2,6-8,11-13,18-21H2,1H3/t25-/m1/s1. The van der Waals surface area contributed by atoms with Gasteiger partial charge in [0.25, 0.3) is 0 Å². The van der Waals surface area contributed by atoms with Crippen molar-refractivity contribution in [1.29, 1.82) is 0 Å². The second-order valence-electron chi connectivity index (χ2n) is 9.67. The second kappa shape index (κ2) is 12.0. The molecule has 1 aliphatic heterocycles. The van der Waals surface area contributed by atoms with E-state index in [2.05, 4.69) is 0 Å². The summed E-state index contributed by atoms with van der Waals surface area (Å²) in [6, 6.07) is 17.9. The molecule has 2 aromatic carbocycles. The van der Waals surface area contributed by atoms with Gasteiger partial charge in [-0.15, -0.1) is 0 Å². The van der Waals surface area contributed by atoms with Crippen molar-refractivity contribution in [2.45, 2.75) is 58.4 Å². The van der Waals surface area contributed by atoms with Gasteiger partial charge < -0.3 is 14.5 Å². The van der Waals surface area contributed by atoms with Crippen LogP contribution in [-0.2, 0) is 32.1 Å². The van der Waals surface area contributed by atoms with E-state index in [1.54, 1.807) is 11.8 Å². The summed E-state index contributed by atoms with van der Waals surface area (Å²) in [4.78, 5) is 42.1. The maximum Gasteiger partial charge on any atom is 0.310 e. The number of piperidine rings is 1. The lowest BCUT2D eigenvalue weighted by Crippen LogP contribution is -2.43. The largest absolute Gasteiger partial charge is 0.466 e. The molecule has 0 unspecified atom stereocenters. The van der Waals surface area contributed by atoms with Crippen molar-refractivity contribution in [3.05, 3.63) is 65.7 Å². The molecule has 0 aromatic heterocycles. The highest BCUT2D eigenvalue weighted by atomic mass is 16.5. The monoisotopic (exact) mass is 476 g/mol. The number of rotatable bonds is 8. The summed E-state index contributed by atoms with van der Waals surface area (Å²) in [5.41, 5.74) is 2.87. The van der Waals surface area contributed by atoms with Crippen LogP contribution in [0.1, 0.15) is 56.6 Å². The van der Waals surface area contributed by atoms with Gasteiger partial charge in [-0.05, 0) is 55.9 Å². The fraction of sp³-hybridized carbons (Fsp3) is 0.483. The van der Waals surface area contributed by atoms with Crippen LogP contribution < -0.4 is 4.90 Å². The van der Waals surface area contributed by atoms with Crippen molar-refractivity contribution in [3.63, 3.8) is 0 Å². The smallest absolute Gasteiger partial charge is 0.310 e. The van der Waals surface area contributed by atoms with Crippen LogP contribution in [0.5, 0.6) is 0 Å². The van der Waals surface area contributed by atoms with Gasteiger partial charge in [0.05, 0.1) is 25.5 Å². The topological polar surface area (TPSA) is 66.9 Å². The molecule has 6 nitrogen and oxygen atoms in total. The quantitative estimate of drug-likeness (QED) is 0.516. The van der Waals surface area contributed by atoms with Crippen LogP contribution in [0, 0.1) is 11.8 Å². The number of amides is 2. The van der Waals surface area contributed by atoms with Crippen molar-refractivity contribution in [3.8, 4) is 0 Å². The second-order valence-corrected chi connectivity index (χ2v) is 9.67. The minimum absolute atomic E-state index is 0.0231. The molecule has 0 spiro atoms. The van der Waals surface area contributed by atoms with Crippen molar-refractivity contribution < 1.29 is 19.1 Å². The van der Waals surface area contributed by atoms with Gasteiger partial charge in [0.15, 0.2) is 0 Å². The van der Waals surface area contributed by atoms with Crippen LogP contribution in [0.25, 0.3) is 0 Å². The van der Waals surface area contributed by atoms with Crippen molar-refractivity contribution in [1.82, 2.24) is 4.90 Å². The van der Waals surface area contributed by atoms with Gasteiger partial charge in [-0.1, -0.05) is 55.3 Å². The zero-order chi connectivity index (χ0) is 24.6. The third-order valence-corrected chi connectivity index (χ3v) is 7.15. The Morgan fingerprint density at radius 2 is 1.57 bits per heavy atom. The van der Waals surface area contributed by atoms with Gasteiger partial charge in [-0.2, -0.15) is 0 Å². The Labute approximate surface area is 208 Å². The number of ether oxygens (including phenoxy) is 1. The maximum absolute atomic E-state index is 13.4. The minimum Gasteiger partial charge on any atom is -0.466 e. The van der Waals surface area contributed by atoms with Gasteiger partial charge in [-0.3, -0.25) is 14.4 Å². The lowest BCUT2D eigenvalue weighted by Gasteiger charge is -2.31. The van der Waals surface area contributed by atoms with Gasteiger partial charge in [-0.25, -0.2) is 0 Å². The summed E-state index contributed by atoms with van der Waals surface area (Å²) >= 11 is 0. The Hall–Kier alpha value is -3.15. The Balaban J connectivity index is 1.43. The fourth-order valence-corrected chi connectivity index (χ4v) is 5.19. The number of anilines is 1. The lowest BCUT2D eigenvalue weighted by atomic mass is 9.97. The highest BCUT2D eigenvalue weighted by Crippen LogP contribution is 2.30. The number of hydrogen-bond donors (Lipinski definition) is 0. The fourth-order valence-electron chi connectivity index (χ4n) is 5.19. The number of carbonyl (C=O) groups is 3. The molecule has 1 saturated heterocycles. The van der Waals surface area contributed by atoms with E-state index in [-0.39, 0.29) is 36.0 Å². The predicted molar refractivity (Wildman–Crippen MR) is 136 cm³/mol. The Kier molecular flexibility index (Phi) is 8.56. The summed E-state index contributed by atoms with van der Waals surface area (Å²) in [7, 11) is 0. The first-order valence-corrected chi connectivity index (χ1v) is 12.9. The molecule has 35 heavy (non-hydrogen) atoms. The van der Waals surface area contributed by atoms with E-state index >= 15 is 0 Å². The first kappa shape index (κ1) is 25.0. The normalized spacial score (nSPS) is 18.3. The van der Waals surface area contributed by atoms with Crippen molar-refractivity contribution in [2.24, 2.45) is 11.8 Å². The molecule has 4 rings (SSSR count). The first-order valence-electron chi connectivity index (χ1n) is 12.9. The minimum atomic E-state index is -0.233. The molecule has 0 N–H and O–H groups in total. The third kappa shape index (κ3) is 6.50. The highest BCUT2D eigenvalue weighted by Gasteiger charge is 2.30. The summed E-state index contributed by atoms with van der Waals surface area (Å²) in [5, 5.41) is 0. The molecule has 6 heteroatoms. The van der Waals surface area contributed by atoms with Crippen LogP contribution >= 0.6 is 0 Å². The summed E-state index contributed by atoms with van der Waals surface area (Å²) < 4.78 is 5.15. The average molecular weight is 477 g/mol. The van der Waals surface area contributed by atoms with E-state index < -0.39 is 0 Å². The Morgan fingerprint density at radius 3 is 2.26 bits per heavy atom. The van der Waals surface area contributed by atoms with Gasteiger partial charge in [0.2, 0.25) is 11.8 Å². The molecule has 1 atom stereocenters. The van der Waals surface area contributed by atoms with Crippen LogP contribution in [0.4, 0.5) is 5.69 Å². The van der Waals surface area contributed by atoms with Crippen LogP contribution in [0.3, 0.4) is 0 Å². The molecule has 186 valence electrons. The van der Waals surface area contributed by atoms with E-state index in [0.29, 0.717) is 26.2 Å². The van der Waals surface area contributed by atoms with E-state index in [4.69, 9.17) is 4.74 Å². The molecule has 0 radical (unpaired) electrons. The molecular weight excluding hydrogens is 440 g/mol. The van der Waals surface area contributed by atoms with Crippen LogP contribution in [0.2, 0.25) is 0 Å². The molecule has 1 aliphatic carbocycles. The number of carbonyl (C=O) groups excluding carboxylic acids is 3. The van der Waals surface area contributed by atoms with Crippen LogP contribution in [-0.4, -0.2) is 42.4 Å². The Morgan fingerprint density at radius 1 is 0.886 bits per heavy atom. The third-order valence-electron chi connectivity index (χ3n) is 7.15. The maximum atomic E-state index is 13.4. The molecule has 1 saturated carbocycles. The summed E-state index contributed by atoms with van der Waals surface area (Å²) in [6.45, 7) is 3.80. The van der Waals surface area contributed by atoms with Crippen LogP contribution in [0.15, 0.2) is 54.6 Å². The number of nitrogens with zero attached hydrogens (tertiary/aromatic N) is 2. The SMILES string of the molecule is CCOC(=O)[C@@H]1CCCN(C(=O)Cc2ccc(N(Cc3ccccc3)C(=O)C3CCCC3)cc2)C1. The summed E-state index contributed by atoms with van der Waals surface area (Å²) in [6.07, 6.45) is 6.01. The first-order chi connectivity index (χ1) is 17.0. The molecule has 2 aliphatic rings. The zero-order valence-corrected chi connectivity index (χ0v) is 20.7.